The minimum absolute atomic E-state index is 0.100. The van der Waals surface area contributed by atoms with Crippen molar-refractivity contribution < 1.29 is 14.6 Å². The van der Waals surface area contributed by atoms with Crippen LogP contribution in [0.1, 0.15) is 24.2 Å². The summed E-state index contributed by atoms with van der Waals surface area (Å²) in [6, 6.07) is 11.5. The van der Waals surface area contributed by atoms with E-state index in [1.54, 1.807) is 30.3 Å². The number of carbonyl (C=O) groups excluding carboxylic acids is 1. The van der Waals surface area contributed by atoms with Crippen molar-refractivity contribution in [1.29, 1.82) is 0 Å². The Hall–Kier alpha value is -2.69. The van der Waals surface area contributed by atoms with Gasteiger partial charge in [0.1, 0.15) is 11.5 Å². The van der Waals surface area contributed by atoms with Crippen molar-refractivity contribution in [2.45, 2.75) is 20.0 Å². The molecule has 0 unspecified atom stereocenters. The Bertz CT molecular complexity index is 636. The van der Waals surface area contributed by atoms with Crippen molar-refractivity contribution in [1.82, 2.24) is 0 Å². The first kappa shape index (κ1) is 14.7. The third-order valence-corrected chi connectivity index (χ3v) is 2.78. The highest BCUT2D eigenvalue weighted by atomic mass is 16.5. The highest BCUT2D eigenvalue weighted by molar-refractivity contribution is 6.04. The number of nitrogen functional groups attached to an aromatic ring is 1. The number of hydrogen-bond donors (Lipinski definition) is 3. The monoisotopic (exact) mass is 286 g/mol. The third-order valence-electron chi connectivity index (χ3n) is 2.78. The fraction of sp³-hybridized carbons (Fsp3) is 0.188. The van der Waals surface area contributed by atoms with Crippen molar-refractivity contribution in [3.8, 4) is 11.5 Å². The lowest BCUT2D eigenvalue weighted by atomic mass is 10.1. The Morgan fingerprint density at radius 2 is 1.86 bits per heavy atom. The molecule has 0 aliphatic heterocycles. The average Bonchev–Trinajstić information content (AvgIpc) is 2.43. The van der Waals surface area contributed by atoms with Crippen molar-refractivity contribution >= 4 is 17.3 Å². The summed E-state index contributed by atoms with van der Waals surface area (Å²) in [5.74, 6) is 0.319. The first-order valence-electron chi connectivity index (χ1n) is 6.62. The van der Waals surface area contributed by atoms with E-state index in [4.69, 9.17) is 10.5 Å². The lowest BCUT2D eigenvalue weighted by molar-refractivity contribution is 0.102. The number of phenols is 1. The van der Waals surface area contributed by atoms with E-state index in [1.165, 1.54) is 12.1 Å². The van der Waals surface area contributed by atoms with Gasteiger partial charge in [-0.05, 0) is 56.3 Å². The maximum Gasteiger partial charge on any atom is 0.255 e. The number of nitrogens with one attached hydrogen (secondary N) is 1. The summed E-state index contributed by atoms with van der Waals surface area (Å²) in [5, 5.41) is 12.3. The summed E-state index contributed by atoms with van der Waals surface area (Å²) in [5.41, 5.74) is 6.72. The number of rotatable bonds is 4. The zero-order valence-corrected chi connectivity index (χ0v) is 12.0. The molecule has 0 aromatic heterocycles. The van der Waals surface area contributed by atoms with Crippen LogP contribution in [-0.2, 0) is 0 Å². The van der Waals surface area contributed by atoms with E-state index >= 15 is 0 Å². The van der Waals surface area contributed by atoms with Crippen LogP contribution in [0.3, 0.4) is 0 Å². The van der Waals surface area contributed by atoms with Crippen LogP contribution in [0.15, 0.2) is 42.5 Å². The van der Waals surface area contributed by atoms with Crippen molar-refractivity contribution in [2.75, 3.05) is 11.1 Å². The molecule has 0 saturated carbocycles. The number of benzene rings is 2. The lowest BCUT2D eigenvalue weighted by Crippen LogP contribution is -2.12. The van der Waals surface area contributed by atoms with Gasteiger partial charge in [-0.2, -0.15) is 0 Å². The molecular weight excluding hydrogens is 268 g/mol. The van der Waals surface area contributed by atoms with Gasteiger partial charge in [0.05, 0.1) is 11.8 Å². The molecule has 0 radical (unpaired) electrons. The maximum atomic E-state index is 12.0. The number of phenolic OH excluding ortho intramolecular Hbond substituents is 1. The summed E-state index contributed by atoms with van der Waals surface area (Å²) < 4.78 is 5.53. The van der Waals surface area contributed by atoms with Crippen LogP contribution >= 0.6 is 0 Å². The summed E-state index contributed by atoms with van der Waals surface area (Å²) in [7, 11) is 0. The third kappa shape index (κ3) is 3.89. The molecule has 21 heavy (non-hydrogen) atoms. The number of aromatic hydroxyl groups is 1. The molecule has 2 rings (SSSR count). The highest BCUT2D eigenvalue weighted by Gasteiger charge is 2.08. The van der Waals surface area contributed by atoms with Gasteiger partial charge >= 0.3 is 0 Å². The average molecular weight is 286 g/mol. The van der Waals surface area contributed by atoms with Crippen LogP contribution in [0.5, 0.6) is 11.5 Å². The highest BCUT2D eigenvalue weighted by Crippen LogP contribution is 2.22. The molecule has 0 aliphatic carbocycles. The van der Waals surface area contributed by atoms with E-state index in [2.05, 4.69) is 5.32 Å². The van der Waals surface area contributed by atoms with Crippen LogP contribution < -0.4 is 15.8 Å². The molecule has 5 heteroatoms. The van der Waals surface area contributed by atoms with Gasteiger partial charge in [0.25, 0.3) is 5.91 Å². The van der Waals surface area contributed by atoms with Gasteiger partial charge in [0.2, 0.25) is 0 Å². The number of carbonyl (C=O) groups is 1. The van der Waals surface area contributed by atoms with Crippen LogP contribution in [-0.4, -0.2) is 17.1 Å². The van der Waals surface area contributed by atoms with E-state index in [-0.39, 0.29) is 23.4 Å². The van der Waals surface area contributed by atoms with E-state index in [0.29, 0.717) is 11.3 Å². The molecule has 110 valence electrons. The minimum atomic E-state index is -0.317. The maximum absolute atomic E-state index is 12.0. The molecule has 0 saturated heterocycles. The Morgan fingerprint density at radius 3 is 2.43 bits per heavy atom. The number of ether oxygens (including phenoxy) is 1. The second-order valence-electron chi connectivity index (χ2n) is 4.92. The second-order valence-corrected chi connectivity index (χ2v) is 4.92. The predicted octanol–water partition coefficient (Wildman–Crippen LogP) is 3.01. The molecule has 0 fully saturated rings. The second kappa shape index (κ2) is 6.17. The van der Waals surface area contributed by atoms with Crippen LogP contribution in [0.4, 0.5) is 11.4 Å². The topological polar surface area (TPSA) is 84.6 Å². The quantitative estimate of drug-likeness (QED) is 0.596. The lowest BCUT2D eigenvalue weighted by Gasteiger charge is -2.11. The van der Waals surface area contributed by atoms with Crippen molar-refractivity contribution in [2.24, 2.45) is 0 Å². The molecule has 0 heterocycles. The summed E-state index contributed by atoms with van der Waals surface area (Å²) in [6.07, 6.45) is 0.100. The Labute approximate surface area is 123 Å². The first-order chi connectivity index (χ1) is 9.95. The number of nitrogens with two attached hydrogens (primary N) is 1. The zero-order chi connectivity index (χ0) is 15.4. The van der Waals surface area contributed by atoms with Crippen molar-refractivity contribution in [3.05, 3.63) is 48.0 Å². The zero-order valence-electron chi connectivity index (χ0n) is 12.0. The Morgan fingerprint density at radius 1 is 1.19 bits per heavy atom. The minimum Gasteiger partial charge on any atom is -0.506 e. The summed E-state index contributed by atoms with van der Waals surface area (Å²) in [6.45, 7) is 3.90. The van der Waals surface area contributed by atoms with Gasteiger partial charge in [-0.25, -0.2) is 0 Å². The molecule has 1 amide bonds. The van der Waals surface area contributed by atoms with Gasteiger partial charge in [-0.3, -0.25) is 4.79 Å². The van der Waals surface area contributed by atoms with Gasteiger partial charge in [-0.15, -0.1) is 0 Å². The van der Waals surface area contributed by atoms with Crippen LogP contribution in [0.25, 0.3) is 0 Å². The van der Waals surface area contributed by atoms with Crippen LogP contribution in [0, 0.1) is 0 Å². The molecule has 0 spiro atoms. The molecule has 2 aromatic carbocycles. The standard InChI is InChI=1S/C16H18N2O3/c1-10(2)21-13-6-4-12(5-7-13)18-16(20)11-3-8-14(17)15(19)9-11/h3-10,19H,17H2,1-2H3,(H,18,20). The van der Waals surface area contributed by atoms with Gasteiger partial charge < -0.3 is 20.9 Å². The number of hydrogen-bond acceptors (Lipinski definition) is 4. The van der Waals surface area contributed by atoms with E-state index in [1.807, 2.05) is 13.8 Å². The first-order valence-corrected chi connectivity index (χ1v) is 6.62. The largest absolute Gasteiger partial charge is 0.506 e. The predicted molar refractivity (Wildman–Crippen MR) is 82.7 cm³/mol. The normalized spacial score (nSPS) is 10.4. The number of anilines is 2. The Kier molecular flexibility index (Phi) is 4.33. The molecule has 0 aliphatic rings. The fourth-order valence-electron chi connectivity index (χ4n) is 1.78. The van der Waals surface area contributed by atoms with Crippen molar-refractivity contribution in [3.63, 3.8) is 0 Å². The molecule has 2 aromatic rings. The van der Waals surface area contributed by atoms with E-state index in [0.717, 1.165) is 5.75 Å². The molecule has 5 nitrogen and oxygen atoms in total. The van der Waals surface area contributed by atoms with Gasteiger partial charge in [0.15, 0.2) is 0 Å². The van der Waals surface area contributed by atoms with Gasteiger partial charge in [0, 0.05) is 11.3 Å². The summed E-state index contributed by atoms with van der Waals surface area (Å²) >= 11 is 0. The SMILES string of the molecule is CC(C)Oc1ccc(NC(=O)c2ccc(N)c(O)c2)cc1. The van der Waals surface area contributed by atoms with E-state index in [9.17, 15) is 9.90 Å². The van der Waals surface area contributed by atoms with Crippen LogP contribution in [0.2, 0.25) is 0 Å². The smallest absolute Gasteiger partial charge is 0.255 e. The van der Waals surface area contributed by atoms with Gasteiger partial charge in [-0.1, -0.05) is 0 Å². The summed E-state index contributed by atoms with van der Waals surface area (Å²) in [4.78, 5) is 12.0. The Balaban J connectivity index is 2.06. The molecule has 4 N–H and O–H groups in total. The molecule has 0 atom stereocenters. The molecular formula is C16H18N2O3. The van der Waals surface area contributed by atoms with E-state index < -0.39 is 0 Å². The number of amides is 1. The molecule has 0 bridgehead atoms. The fourth-order valence-corrected chi connectivity index (χ4v) is 1.78.